The van der Waals surface area contributed by atoms with Crippen LogP contribution in [0.15, 0.2) is 30.3 Å². The van der Waals surface area contributed by atoms with Gasteiger partial charge in [-0.1, -0.05) is 56.0 Å². The summed E-state index contributed by atoms with van der Waals surface area (Å²) in [6, 6.07) is 8.28. The van der Waals surface area contributed by atoms with Crippen molar-refractivity contribution in [2.45, 2.75) is 51.2 Å². The number of rotatable bonds is 10. The maximum atomic E-state index is 12.9. The third kappa shape index (κ3) is 8.84. The first-order valence-electron chi connectivity index (χ1n) is 10.3. The third-order valence-corrected chi connectivity index (χ3v) is 5.34. The molecule has 1 saturated carbocycles. The van der Waals surface area contributed by atoms with E-state index >= 15 is 0 Å². The Balaban J connectivity index is 2.00. The van der Waals surface area contributed by atoms with E-state index in [4.69, 9.17) is 22.1 Å². The van der Waals surface area contributed by atoms with E-state index in [1.807, 2.05) is 30.3 Å². The van der Waals surface area contributed by atoms with E-state index in [9.17, 15) is 19.2 Å². The average molecular weight is 453 g/mol. The van der Waals surface area contributed by atoms with Crippen molar-refractivity contribution in [2.75, 3.05) is 12.4 Å². The van der Waals surface area contributed by atoms with Crippen molar-refractivity contribution >= 4 is 35.4 Å². The molecule has 9 nitrogen and oxygen atoms in total. The molecule has 2 rings (SSSR count). The van der Waals surface area contributed by atoms with E-state index in [1.165, 1.54) is 0 Å². The molecule has 4 N–H and O–H groups in total. The number of primary amides is 1. The second kappa shape index (κ2) is 12.8. The van der Waals surface area contributed by atoms with Crippen LogP contribution in [0.25, 0.3) is 0 Å². The van der Waals surface area contributed by atoms with Gasteiger partial charge in [-0.05, 0) is 17.9 Å². The lowest BCUT2D eigenvalue weighted by atomic mass is 9.98. The molecule has 170 valence electrons. The molecule has 31 heavy (non-hydrogen) atoms. The Labute approximate surface area is 186 Å². The van der Waals surface area contributed by atoms with Gasteiger partial charge in [0.2, 0.25) is 5.91 Å². The molecule has 1 aliphatic carbocycles. The second-order valence-electron chi connectivity index (χ2n) is 7.52. The van der Waals surface area contributed by atoms with Gasteiger partial charge in [0.05, 0.1) is 6.54 Å². The highest BCUT2D eigenvalue weighted by atomic mass is 35.5. The number of halogens is 1. The highest BCUT2D eigenvalue weighted by Crippen LogP contribution is 2.28. The number of amides is 4. The molecule has 1 aromatic rings. The minimum atomic E-state index is -0.898. The molecule has 1 fully saturated rings. The van der Waals surface area contributed by atoms with Crippen molar-refractivity contribution in [3.8, 4) is 0 Å². The molecule has 4 amide bonds. The zero-order chi connectivity index (χ0) is 22.6. The van der Waals surface area contributed by atoms with Gasteiger partial charge in [0.25, 0.3) is 11.8 Å². The van der Waals surface area contributed by atoms with Gasteiger partial charge in [0, 0.05) is 6.42 Å². The fourth-order valence-electron chi connectivity index (χ4n) is 3.47. The normalized spacial score (nSPS) is 14.5. The van der Waals surface area contributed by atoms with Crippen LogP contribution in [-0.2, 0) is 25.7 Å². The van der Waals surface area contributed by atoms with Crippen molar-refractivity contribution in [1.29, 1.82) is 0 Å². The van der Waals surface area contributed by atoms with Crippen LogP contribution in [0.4, 0.5) is 4.79 Å². The van der Waals surface area contributed by atoms with Crippen molar-refractivity contribution < 1.29 is 23.9 Å². The van der Waals surface area contributed by atoms with Crippen molar-refractivity contribution in [2.24, 2.45) is 11.7 Å². The summed E-state index contributed by atoms with van der Waals surface area (Å²) in [7, 11) is 0. The lowest BCUT2D eigenvalue weighted by Gasteiger charge is -2.26. The van der Waals surface area contributed by atoms with Gasteiger partial charge in [-0.15, -0.1) is 11.6 Å². The van der Waals surface area contributed by atoms with Crippen LogP contribution < -0.4 is 16.5 Å². The zero-order valence-electron chi connectivity index (χ0n) is 17.3. The van der Waals surface area contributed by atoms with Gasteiger partial charge < -0.3 is 15.8 Å². The number of nitrogens with zero attached hydrogens (tertiary/aromatic N) is 1. The number of ether oxygens (including phenoxy) is 1. The van der Waals surface area contributed by atoms with Crippen LogP contribution in [0.1, 0.15) is 44.1 Å². The Morgan fingerprint density at radius 3 is 2.45 bits per heavy atom. The van der Waals surface area contributed by atoms with Gasteiger partial charge in [-0.3, -0.25) is 24.8 Å². The molecule has 1 atom stereocenters. The molecular weight excluding hydrogens is 424 g/mol. The third-order valence-electron chi connectivity index (χ3n) is 5.11. The van der Waals surface area contributed by atoms with E-state index < -0.39 is 29.9 Å². The van der Waals surface area contributed by atoms with Crippen molar-refractivity contribution in [3.05, 3.63) is 35.9 Å². The number of alkyl carbamates (subject to hydrolysis) is 1. The zero-order valence-corrected chi connectivity index (χ0v) is 18.1. The molecule has 0 saturated heterocycles. The van der Waals surface area contributed by atoms with Gasteiger partial charge in [0.1, 0.15) is 18.5 Å². The quantitative estimate of drug-likeness (QED) is 0.368. The molecule has 1 aliphatic rings. The average Bonchev–Trinajstić information content (AvgIpc) is 3.27. The Morgan fingerprint density at radius 2 is 1.84 bits per heavy atom. The summed E-state index contributed by atoms with van der Waals surface area (Å²) in [5.74, 6) is -1.87. The number of benzene rings is 1. The summed E-state index contributed by atoms with van der Waals surface area (Å²) in [5, 5.41) is 3.56. The van der Waals surface area contributed by atoms with E-state index in [0.29, 0.717) is 6.42 Å². The summed E-state index contributed by atoms with van der Waals surface area (Å²) in [4.78, 5) is 48.3. The van der Waals surface area contributed by atoms with Crippen LogP contribution in [-0.4, -0.2) is 47.3 Å². The fraction of sp³-hybridized carbons (Fsp3) is 0.524. The monoisotopic (exact) mass is 452 g/mol. The summed E-state index contributed by atoms with van der Waals surface area (Å²) in [6.45, 7) is -0.0405. The summed E-state index contributed by atoms with van der Waals surface area (Å²) in [5.41, 5.74) is 8.41. The topological polar surface area (TPSA) is 131 Å². The minimum Gasteiger partial charge on any atom is -0.445 e. The van der Waals surface area contributed by atoms with Crippen molar-refractivity contribution in [3.63, 3.8) is 0 Å². The Hall–Kier alpha value is -2.81. The number of hydrogen-bond donors (Lipinski definition) is 3. The number of nitrogens with one attached hydrogen (secondary N) is 2. The molecule has 0 aromatic heterocycles. The Morgan fingerprint density at radius 1 is 1.16 bits per heavy atom. The first-order valence-corrected chi connectivity index (χ1v) is 10.8. The Kier molecular flexibility index (Phi) is 10.1. The van der Waals surface area contributed by atoms with Gasteiger partial charge in [0.15, 0.2) is 0 Å². The molecule has 0 bridgehead atoms. The molecular formula is C21H29ClN4O5. The van der Waals surface area contributed by atoms with Crippen LogP contribution in [0.3, 0.4) is 0 Å². The first-order chi connectivity index (χ1) is 14.9. The molecule has 0 spiro atoms. The van der Waals surface area contributed by atoms with E-state index in [-0.39, 0.29) is 31.4 Å². The number of alkyl halides is 1. The minimum absolute atomic E-state index is 0.0694. The van der Waals surface area contributed by atoms with Crippen LogP contribution >= 0.6 is 11.6 Å². The van der Waals surface area contributed by atoms with Crippen molar-refractivity contribution in [1.82, 2.24) is 15.8 Å². The number of carbonyl (C=O) groups excluding carboxylic acids is 4. The highest BCUT2D eigenvalue weighted by molar-refractivity contribution is 6.27. The van der Waals surface area contributed by atoms with Gasteiger partial charge in [-0.2, -0.15) is 0 Å². The van der Waals surface area contributed by atoms with E-state index in [1.54, 1.807) is 0 Å². The molecule has 10 heteroatoms. The van der Waals surface area contributed by atoms with Crippen LogP contribution in [0.5, 0.6) is 0 Å². The SMILES string of the molecule is NC(=O)CCN(NC(=O)[C@@H](CC1CCCC1)NC(=O)OCc1ccccc1)C(=O)CCl. The summed E-state index contributed by atoms with van der Waals surface area (Å²) in [6.07, 6.45) is 3.65. The largest absolute Gasteiger partial charge is 0.445 e. The molecule has 1 aromatic carbocycles. The molecule has 0 aliphatic heterocycles. The van der Waals surface area contributed by atoms with E-state index in [0.717, 1.165) is 36.3 Å². The van der Waals surface area contributed by atoms with Crippen LogP contribution in [0.2, 0.25) is 0 Å². The predicted octanol–water partition coefficient (Wildman–Crippen LogP) is 1.84. The maximum absolute atomic E-state index is 12.9. The second-order valence-corrected chi connectivity index (χ2v) is 7.78. The Bertz CT molecular complexity index is 755. The smallest absolute Gasteiger partial charge is 0.408 e. The lowest BCUT2D eigenvalue weighted by Crippen LogP contribution is -2.55. The number of nitrogens with two attached hydrogens (primary N) is 1. The van der Waals surface area contributed by atoms with Crippen LogP contribution in [0, 0.1) is 5.92 Å². The van der Waals surface area contributed by atoms with Gasteiger partial charge >= 0.3 is 6.09 Å². The lowest BCUT2D eigenvalue weighted by molar-refractivity contribution is -0.141. The van der Waals surface area contributed by atoms with E-state index in [2.05, 4.69) is 10.7 Å². The predicted molar refractivity (Wildman–Crippen MR) is 115 cm³/mol. The summed E-state index contributed by atoms with van der Waals surface area (Å²) < 4.78 is 5.23. The maximum Gasteiger partial charge on any atom is 0.408 e. The number of hydrazine groups is 1. The fourth-order valence-corrected chi connectivity index (χ4v) is 3.61. The first kappa shape index (κ1) is 24.5. The van der Waals surface area contributed by atoms with Gasteiger partial charge in [-0.25, -0.2) is 4.79 Å². The molecule has 0 radical (unpaired) electrons. The standard InChI is InChI=1S/C21H29ClN4O5/c22-13-19(28)26(11-10-18(23)27)25-20(29)17(12-15-6-4-5-7-15)24-21(30)31-14-16-8-2-1-3-9-16/h1-3,8-9,15,17H,4-7,10-14H2,(H2,23,27)(H,24,30)(H,25,29)/t17-/m1/s1. The molecule has 0 unspecified atom stereocenters. The summed E-state index contributed by atoms with van der Waals surface area (Å²) >= 11 is 5.60. The number of hydrogen-bond acceptors (Lipinski definition) is 5. The highest BCUT2D eigenvalue weighted by Gasteiger charge is 2.29. The number of carbonyl (C=O) groups is 4. The molecule has 0 heterocycles.